The summed E-state index contributed by atoms with van der Waals surface area (Å²) in [6.07, 6.45) is 0. The maximum Gasteiger partial charge on any atom is 0.324 e. The summed E-state index contributed by atoms with van der Waals surface area (Å²) in [5.74, 6) is -0.277. The lowest BCUT2D eigenvalue weighted by Gasteiger charge is -2.48. The highest BCUT2D eigenvalue weighted by Gasteiger charge is 2.42. The van der Waals surface area contributed by atoms with E-state index in [4.69, 9.17) is 15.2 Å². The number of ether oxygens (including phenoxy) is 2. The lowest BCUT2D eigenvalue weighted by Crippen LogP contribution is -2.62. The van der Waals surface area contributed by atoms with Crippen molar-refractivity contribution in [1.82, 2.24) is 4.90 Å². The van der Waals surface area contributed by atoms with Gasteiger partial charge in [-0.05, 0) is 27.7 Å². The van der Waals surface area contributed by atoms with E-state index in [-0.39, 0.29) is 29.8 Å². The Bertz CT molecular complexity index is 273. The van der Waals surface area contributed by atoms with E-state index in [1.54, 1.807) is 0 Å². The molecule has 0 aromatic heterocycles. The topological polar surface area (TPSA) is 64.8 Å². The molecule has 1 fully saturated rings. The average molecular weight is 244 g/mol. The highest BCUT2D eigenvalue weighted by Crippen LogP contribution is 2.29. The Morgan fingerprint density at radius 2 is 1.82 bits per heavy atom. The van der Waals surface area contributed by atoms with Gasteiger partial charge in [0.1, 0.15) is 6.04 Å². The molecule has 17 heavy (non-hydrogen) atoms. The normalized spacial score (nSPS) is 25.3. The first-order valence-electron chi connectivity index (χ1n) is 5.93. The molecule has 5 heteroatoms. The van der Waals surface area contributed by atoms with Crippen molar-refractivity contribution in [3.05, 3.63) is 0 Å². The van der Waals surface area contributed by atoms with Crippen LogP contribution >= 0.6 is 0 Å². The molecule has 0 saturated carbocycles. The van der Waals surface area contributed by atoms with E-state index in [0.29, 0.717) is 13.1 Å². The van der Waals surface area contributed by atoms with Crippen molar-refractivity contribution in [2.24, 2.45) is 5.73 Å². The fourth-order valence-electron chi connectivity index (χ4n) is 2.60. The predicted octanol–water partition coefficient (Wildman–Crippen LogP) is 0.376. The minimum atomic E-state index is -0.387. The highest BCUT2D eigenvalue weighted by molar-refractivity contribution is 5.76. The minimum Gasteiger partial charge on any atom is -0.468 e. The van der Waals surface area contributed by atoms with Crippen molar-refractivity contribution in [1.29, 1.82) is 0 Å². The first kappa shape index (κ1) is 14.4. The Kier molecular flexibility index (Phi) is 4.17. The summed E-state index contributed by atoms with van der Waals surface area (Å²) in [5.41, 5.74) is 5.10. The zero-order valence-electron chi connectivity index (χ0n) is 11.4. The zero-order chi connectivity index (χ0) is 13.3. The second-order valence-corrected chi connectivity index (χ2v) is 5.80. The molecule has 0 aromatic rings. The van der Waals surface area contributed by atoms with Gasteiger partial charge in [0, 0.05) is 19.6 Å². The van der Waals surface area contributed by atoms with Crippen LogP contribution in [-0.4, -0.2) is 54.9 Å². The van der Waals surface area contributed by atoms with Crippen molar-refractivity contribution in [2.45, 2.75) is 44.9 Å². The molecule has 1 rings (SSSR count). The number of hydrogen-bond donors (Lipinski definition) is 1. The van der Waals surface area contributed by atoms with Crippen LogP contribution in [0.3, 0.4) is 0 Å². The van der Waals surface area contributed by atoms with Crippen LogP contribution in [0.5, 0.6) is 0 Å². The third kappa shape index (κ3) is 3.66. The van der Waals surface area contributed by atoms with Gasteiger partial charge in [-0.2, -0.15) is 0 Å². The molecule has 1 aliphatic rings. The quantitative estimate of drug-likeness (QED) is 0.727. The van der Waals surface area contributed by atoms with Gasteiger partial charge < -0.3 is 15.2 Å². The molecule has 2 N–H and O–H groups in total. The number of methoxy groups -OCH3 is 1. The molecule has 0 amide bonds. The van der Waals surface area contributed by atoms with Crippen LogP contribution in [0.2, 0.25) is 0 Å². The van der Waals surface area contributed by atoms with E-state index < -0.39 is 0 Å². The number of carbonyl (C=O) groups is 1. The standard InChI is InChI=1S/C12H24N2O3/c1-11(2)7-14(8-12(3,4)17-11)9(6-13)10(15)16-5/h9H,6-8,13H2,1-5H3. The summed E-state index contributed by atoms with van der Waals surface area (Å²) in [4.78, 5) is 13.7. The van der Waals surface area contributed by atoms with Crippen LogP contribution in [0.4, 0.5) is 0 Å². The van der Waals surface area contributed by atoms with Gasteiger partial charge in [-0.25, -0.2) is 0 Å². The average Bonchev–Trinajstić information content (AvgIpc) is 2.13. The Labute approximate surface area is 103 Å². The van der Waals surface area contributed by atoms with Gasteiger partial charge in [0.2, 0.25) is 0 Å². The summed E-state index contributed by atoms with van der Waals surface area (Å²) in [5, 5.41) is 0. The third-order valence-corrected chi connectivity index (χ3v) is 2.86. The Morgan fingerprint density at radius 1 is 1.35 bits per heavy atom. The number of esters is 1. The van der Waals surface area contributed by atoms with Crippen molar-refractivity contribution >= 4 is 5.97 Å². The third-order valence-electron chi connectivity index (χ3n) is 2.86. The number of hydrogen-bond acceptors (Lipinski definition) is 5. The molecule has 0 aliphatic carbocycles. The molecule has 5 nitrogen and oxygen atoms in total. The van der Waals surface area contributed by atoms with Gasteiger partial charge in [0.05, 0.1) is 18.3 Å². The monoisotopic (exact) mass is 244 g/mol. The van der Waals surface area contributed by atoms with E-state index in [2.05, 4.69) is 4.90 Å². The van der Waals surface area contributed by atoms with Gasteiger partial charge in [-0.3, -0.25) is 9.69 Å². The first-order valence-corrected chi connectivity index (χ1v) is 5.93. The Balaban J connectivity index is 2.85. The Morgan fingerprint density at radius 3 is 2.18 bits per heavy atom. The van der Waals surface area contributed by atoms with E-state index in [1.165, 1.54) is 7.11 Å². The van der Waals surface area contributed by atoms with Crippen LogP contribution in [0.15, 0.2) is 0 Å². The van der Waals surface area contributed by atoms with Crippen LogP contribution in [-0.2, 0) is 14.3 Å². The molecule has 0 spiro atoms. The van der Waals surface area contributed by atoms with Crippen molar-refractivity contribution in [3.8, 4) is 0 Å². The van der Waals surface area contributed by atoms with Gasteiger partial charge in [0.15, 0.2) is 0 Å². The second-order valence-electron chi connectivity index (χ2n) is 5.80. The Hall–Kier alpha value is -0.650. The summed E-state index contributed by atoms with van der Waals surface area (Å²) >= 11 is 0. The molecule has 1 unspecified atom stereocenters. The summed E-state index contributed by atoms with van der Waals surface area (Å²) < 4.78 is 10.8. The highest BCUT2D eigenvalue weighted by atomic mass is 16.5. The SMILES string of the molecule is COC(=O)C(CN)N1CC(C)(C)OC(C)(C)C1. The molecule has 1 saturated heterocycles. The van der Waals surface area contributed by atoms with Crippen LogP contribution in [0.25, 0.3) is 0 Å². The smallest absolute Gasteiger partial charge is 0.324 e. The van der Waals surface area contributed by atoms with Crippen molar-refractivity contribution in [3.63, 3.8) is 0 Å². The molecule has 0 radical (unpaired) electrons. The number of nitrogens with zero attached hydrogens (tertiary/aromatic N) is 1. The van der Waals surface area contributed by atoms with E-state index in [0.717, 1.165) is 0 Å². The molecular formula is C12H24N2O3. The lowest BCUT2D eigenvalue weighted by atomic mass is 9.97. The van der Waals surface area contributed by atoms with Gasteiger partial charge in [-0.15, -0.1) is 0 Å². The maximum atomic E-state index is 11.7. The number of rotatable bonds is 3. The van der Waals surface area contributed by atoms with Crippen LogP contribution in [0.1, 0.15) is 27.7 Å². The summed E-state index contributed by atoms with van der Waals surface area (Å²) in [6.45, 7) is 9.69. The first-order chi connectivity index (χ1) is 7.71. The molecule has 100 valence electrons. The van der Waals surface area contributed by atoms with E-state index in [1.807, 2.05) is 27.7 Å². The van der Waals surface area contributed by atoms with Crippen LogP contribution in [0, 0.1) is 0 Å². The van der Waals surface area contributed by atoms with Crippen molar-refractivity contribution in [2.75, 3.05) is 26.7 Å². The number of nitrogens with two attached hydrogens (primary N) is 1. The summed E-state index contributed by atoms with van der Waals surface area (Å²) in [6, 6.07) is -0.387. The zero-order valence-corrected chi connectivity index (χ0v) is 11.4. The molecule has 1 heterocycles. The number of morpholine rings is 1. The van der Waals surface area contributed by atoms with E-state index >= 15 is 0 Å². The fourth-order valence-corrected chi connectivity index (χ4v) is 2.60. The minimum absolute atomic E-state index is 0.263. The van der Waals surface area contributed by atoms with Crippen LogP contribution < -0.4 is 5.73 Å². The molecule has 0 bridgehead atoms. The van der Waals surface area contributed by atoms with Gasteiger partial charge in [-0.1, -0.05) is 0 Å². The lowest BCUT2D eigenvalue weighted by molar-refractivity contribution is -0.192. The second kappa shape index (κ2) is 4.92. The largest absolute Gasteiger partial charge is 0.468 e. The van der Waals surface area contributed by atoms with Crippen molar-refractivity contribution < 1.29 is 14.3 Å². The van der Waals surface area contributed by atoms with E-state index in [9.17, 15) is 4.79 Å². The summed E-state index contributed by atoms with van der Waals surface area (Å²) in [7, 11) is 1.39. The van der Waals surface area contributed by atoms with Gasteiger partial charge >= 0.3 is 5.97 Å². The number of carbonyl (C=O) groups excluding carboxylic acids is 1. The molecular weight excluding hydrogens is 220 g/mol. The molecule has 1 aliphatic heterocycles. The molecule has 1 atom stereocenters. The van der Waals surface area contributed by atoms with Gasteiger partial charge in [0.25, 0.3) is 0 Å². The maximum absolute atomic E-state index is 11.7. The predicted molar refractivity (Wildman–Crippen MR) is 65.7 cm³/mol. The molecule has 0 aromatic carbocycles. The fraction of sp³-hybridized carbons (Fsp3) is 0.917.